The second-order valence-electron chi connectivity index (χ2n) is 3.02. The van der Waals surface area contributed by atoms with Gasteiger partial charge in [0.05, 0.1) is 6.26 Å². The van der Waals surface area contributed by atoms with Gasteiger partial charge in [0, 0.05) is 0 Å². The van der Waals surface area contributed by atoms with Crippen molar-refractivity contribution >= 4 is 28.6 Å². The van der Waals surface area contributed by atoms with Crippen molar-refractivity contribution in [2.75, 3.05) is 0 Å². The lowest BCUT2D eigenvalue weighted by molar-refractivity contribution is -0.351. The van der Waals surface area contributed by atoms with Gasteiger partial charge >= 0.3 is 5.96 Å². The molecule has 0 aliphatic carbocycles. The number of hydrogen-bond donors (Lipinski definition) is 0. The third kappa shape index (κ3) is 1.34. The smallest absolute Gasteiger partial charge is 0.466 e. The van der Waals surface area contributed by atoms with Gasteiger partial charge in [0.25, 0.3) is 5.84 Å². The Labute approximate surface area is 93.1 Å². The van der Waals surface area contributed by atoms with Gasteiger partial charge in [-0.05, 0) is 33.8 Å². The van der Waals surface area contributed by atoms with Crippen LogP contribution in [0.25, 0.3) is 0 Å². The van der Waals surface area contributed by atoms with Crippen molar-refractivity contribution in [1.29, 1.82) is 0 Å². The molecule has 16 heavy (non-hydrogen) atoms. The molecule has 0 aromatic carbocycles. The summed E-state index contributed by atoms with van der Waals surface area (Å²) in [5, 5.41) is 10.7. The summed E-state index contributed by atoms with van der Waals surface area (Å²) in [5.41, 5.74) is 0. The second kappa shape index (κ2) is 3.27. The minimum atomic E-state index is -0.629. The minimum absolute atomic E-state index is 0.235. The fraction of sp³-hybridized carbons (Fsp3) is 0.125. The highest BCUT2D eigenvalue weighted by Crippen LogP contribution is 2.38. The molecule has 1 atom stereocenters. The van der Waals surface area contributed by atoms with Crippen molar-refractivity contribution in [3.8, 4) is 0 Å². The van der Waals surface area contributed by atoms with Crippen LogP contribution in [0.15, 0.2) is 37.8 Å². The fourth-order valence-corrected chi connectivity index (χ4v) is 2.30. The van der Waals surface area contributed by atoms with Crippen LogP contribution in [0.3, 0.4) is 0 Å². The third-order valence-electron chi connectivity index (χ3n) is 2.01. The lowest BCUT2D eigenvalue weighted by Crippen LogP contribution is -2.06. The summed E-state index contributed by atoms with van der Waals surface area (Å²) in [6, 6.07) is 3.55. The highest BCUT2D eigenvalue weighted by atomic mass is 32.2. The Morgan fingerprint density at radius 2 is 2.38 bits per heavy atom. The highest BCUT2D eigenvalue weighted by molar-refractivity contribution is 8.16. The summed E-state index contributed by atoms with van der Waals surface area (Å²) in [6.07, 6.45) is 1.55. The molecule has 1 unspecified atom stereocenters. The van der Waals surface area contributed by atoms with Gasteiger partial charge < -0.3 is 14.5 Å². The summed E-state index contributed by atoms with van der Waals surface area (Å²) in [7, 11) is 0. The van der Waals surface area contributed by atoms with Crippen LogP contribution in [-0.2, 0) is 0 Å². The van der Waals surface area contributed by atoms with Gasteiger partial charge in [-0.25, -0.2) is 4.99 Å². The summed E-state index contributed by atoms with van der Waals surface area (Å²) < 4.78 is 5.19. The molecule has 8 heteroatoms. The molecular formula is C8H4N4O3S. The van der Waals surface area contributed by atoms with Crippen molar-refractivity contribution in [3.05, 3.63) is 34.3 Å². The number of nitro groups is 1. The summed E-state index contributed by atoms with van der Waals surface area (Å²) in [6.45, 7) is 0. The van der Waals surface area contributed by atoms with Crippen LogP contribution in [0.5, 0.6) is 0 Å². The molecule has 3 heterocycles. The van der Waals surface area contributed by atoms with E-state index < -0.39 is 10.9 Å². The molecule has 1 aromatic heterocycles. The van der Waals surface area contributed by atoms with E-state index in [2.05, 4.69) is 15.0 Å². The van der Waals surface area contributed by atoms with Crippen molar-refractivity contribution in [3.63, 3.8) is 0 Å². The molecule has 1 aromatic rings. The molecule has 0 saturated heterocycles. The molecule has 2 aliphatic rings. The average molecular weight is 236 g/mol. The van der Waals surface area contributed by atoms with E-state index in [0.717, 1.165) is 0 Å². The number of guanidine groups is 1. The zero-order valence-electron chi connectivity index (χ0n) is 7.73. The number of fused-ring (bicyclic) bond motifs is 1. The Hall–Kier alpha value is -1.96. The number of thioether (sulfide) groups is 1. The molecule has 0 amide bonds. The Morgan fingerprint density at radius 1 is 1.50 bits per heavy atom. The van der Waals surface area contributed by atoms with Gasteiger partial charge in [0.2, 0.25) is 5.04 Å². The standard InChI is InChI=1S/C8H4N4O3S/c13-12(14)8-10-5-7(11-8)16-6(9-5)4-2-1-3-15-4/h1-3,6H. The molecule has 2 aliphatic heterocycles. The van der Waals surface area contributed by atoms with E-state index in [-0.39, 0.29) is 5.37 Å². The number of rotatable bonds is 1. The number of amidine groups is 1. The molecule has 7 nitrogen and oxygen atoms in total. The molecule has 0 N–H and O–H groups in total. The fourth-order valence-electron chi connectivity index (χ4n) is 1.35. The summed E-state index contributed by atoms with van der Waals surface area (Å²) in [5.74, 6) is 0.602. The van der Waals surface area contributed by atoms with Crippen molar-refractivity contribution in [2.24, 2.45) is 15.0 Å². The first kappa shape index (κ1) is 9.28. The maximum atomic E-state index is 10.4. The number of aliphatic imine (C=N–C) groups is 3. The van der Waals surface area contributed by atoms with Crippen LogP contribution in [-0.4, -0.2) is 21.8 Å². The van der Waals surface area contributed by atoms with Crippen molar-refractivity contribution in [1.82, 2.24) is 0 Å². The lowest BCUT2D eigenvalue weighted by Gasteiger charge is -1.98. The Morgan fingerprint density at radius 3 is 3.00 bits per heavy atom. The monoisotopic (exact) mass is 236 g/mol. The molecule has 0 saturated carbocycles. The number of nitrogens with zero attached hydrogens (tertiary/aromatic N) is 4. The minimum Gasteiger partial charge on any atom is -0.466 e. The summed E-state index contributed by atoms with van der Waals surface area (Å²) >= 11 is 1.29. The van der Waals surface area contributed by atoms with E-state index in [1.54, 1.807) is 18.4 Å². The lowest BCUT2D eigenvalue weighted by atomic mass is 10.4. The maximum absolute atomic E-state index is 10.4. The zero-order valence-corrected chi connectivity index (χ0v) is 8.55. The van der Waals surface area contributed by atoms with E-state index in [1.165, 1.54) is 11.8 Å². The summed E-state index contributed by atoms with van der Waals surface area (Å²) in [4.78, 5) is 21.5. The van der Waals surface area contributed by atoms with Gasteiger partial charge in [0.15, 0.2) is 5.37 Å². The first-order valence-corrected chi connectivity index (χ1v) is 5.22. The Balaban J connectivity index is 1.91. The average Bonchev–Trinajstić information content (AvgIpc) is 2.91. The quantitative estimate of drug-likeness (QED) is 0.545. The van der Waals surface area contributed by atoms with Gasteiger partial charge in [-0.1, -0.05) is 4.99 Å². The predicted octanol–water partition coefficient (Wildman–Crippen LogP) is 1.47. The van der Waals surface area contributed by atoms with Crippen LogP contribution >= 0.6 is 11.8 Å². The second-order valence-corrected chi connectivity index (χ2v) is 4.09. The highest BCUT2D eigenvalue weighted by Gasteiger charge is 2.39. The van der Waals surface area contributed by atoms with E-state index in [4.69, 9.17) is 4.42 Å². The van der Waals surface area contributed by atoms with Crippen molar-refractivity contribution < 1.29 is 9.34 Å². The SMILES string of the molecule is O=[N+]([O-])C1=NC2=NC(c3ccco3)SC2=N1. The molecule has 0 radical (unpaired) electrons. The van der Waals surface area contributed by atoms with Gasteiger partial charge in [-0.2, -0.15) is 0 Å². The zero-order chi connectivity index (χ0) is 11.1. The van der Waals surface area contributed by atoms with E-state index in [0.29, 0.717) is 16.6 Å². The topological polar surface area (TPSA) is 93.4 Å². The van der Waals surface area contributed by atoms with Crippen LogP contribution in [0.4, 0.5) is 0 Å². The Kier molecular flexibility index (Phi) is 1.90. The molecule has 3 rings (SSSR count). The molecular weight excluding hydrogens is 232 g/mol. The molecule has 0 spiro atoms. The van der Waals surface area contributed by atoms with E-state index in [1.807, 2.05) is 0 Å². The van der Waals surface area contributed by atoms with Crippen LogP contribution in [0.1, 0.15) is 11.1 Å². The Bertz CT molecular complexity index is 543. The van der Waals surface area contributed by atoms with Crippen LogP contribution in [0, 0.1) is 10.1 Å². The van der Waals surface area contributed by atoms with Crippen LogP contribution < -0.4 is 0 Å². The van der Waals surface area contributed by atoms with Gasteiger partial charge in [-0.15, -0.1) is 0 Å². The number of furan rings is 1. The first-order valence-electron chi connectivity index (χ1n) is 4.34. The normalized spacial score (nSPS) is 22.5. The van der Waals surface area contributed by atoms with Crippen LogP contribution in [0.2, 0.25) is 0 Å². The van der Waals surface area contributed by atoms with Gasteiger partial charge in [-0.3, -0.25) is 0 Å². The van der Waals surface area contributed by atoms with E-state index >= 15 is 0 Å². The molecule has 80 valence electrons. The number of hydrogen-bond acceptors (Lipinski definition) is 7. The third-order valence-corrected chi connectivity index (χ3v) is 3.07. The maximum Gasteiger partial charge on any atom is 0.472 e. The molecule has 0 bridgehead atoms. The largest absolute Gasteiger partial charge is 0.472 e. The van der Waals surface area contributed by atoms with Gasteiger partial charge in [0.1, 0.15) is 5.76 Å². The van der Waals surface area contributed by atoms with Crippen molar-refractivity contribution in [2.45, 2.75) is 5.37 Å². The predicted molar refractivity (Wildman–Crippen MR) is 58.3 cm³/mol. The first-order chi connectivity index (χ1) is 7.74. The van der Waals surface area contributed by atoms with E-state index in [9.17, 15) is 10.1 Å². The molecule has 0 fully saturated rings.